The van der Waals surface area contributed by atoms with Crippen molar-refractivity contribution in [3.05, 3.63) is 23.8 Å². The number of carboxylic acid groups (broad SMARTS) is 1. The van der Waals surface area contributed by atoms with E-state index in [0.717, 1.165) is 36.8 Å². The van der Waals surface area contributed by atoms with Crippen LogP contribution in [0.25, 0.3) is 0 Å². The maximum absolute atomic E-state index is 11.4. The summed E-state index contributed by atoms with van der Waals surface area (Å²) in [7, 11) is 0. The van der Waals surface area contributed by atoms with E-state index in [-0.39, 0.29) is 0 Å². The maximum atomic E-state index is 11.4. The Morgan fingerprint density at radius 1 is 1.42 bits per heavy atom. The Bertz CT molecular complexity index is 445. The molecule has 0 atom stereocenters. The zero-order valence-corrected chi connectivity index (χ0v) is 12.0. The van der Waals surface area contributed by atoms with E-state index in [1.807, 2.05) is 24.5 Å². The summed E-state index contributed by atoms with van der Waals surface area (Å²) in [5.41, 5.74) is 1.11. The highest BCUT2D eigenvalue weighted by atomic mass is 32.2. The molecule has 0 amide bonds. The van der Waals surface area contributed by atoms with Gasteiger partial charge in [0.15, 0.2) is 0 Å². The quantitative estimate of drug-likeness (QED) is 0.785. The molecule has 0 aliphatic carbocycles. The summed E-state index contributed by atoms with van der Waals surface area (Å²) in [6.45, 7) is 4.09. The lowest BCUT2D eigenvalue weighted by Crippen LogP contribution is -2.26. The lowest BCUT2D eigenvalue weighted by molar-refractivity contribution is 0.0694. The Morgan fingerprint density at radius 3 is 2.79 bits per heavy atom. The first-order chi connectivity index (χ1) is 9.22. The number of carbonyl (C=O) groups is 1. The van der Waals surface area contributed by atoms with Crippen molar-refractivity contribution in [2.24, 2.45) is 0 Å². The number of aromatic carboxylic acids is 1. The molecule has 0 radical (unpaired) electrons. The predicted octanol–water partition coefficient (Wildman–Crippen LogP) is 2.61. The molecular formula is C14H20N2O2S. The van der Waals surface area contributed by atoms with Gasteiger partial charge in [0.2, 0.25) is 0 Å². The number of rotatable bonds is 6. The van der Waals surface area contributed by atoms with Crippen LogP contribution in [0.3, 0.4) is 0 Å². The third-order valence-electron chi connectivity index (χ3n) is 3.40. The first-order valence-electron chi connectivity index (χ1n) is 6.59. The summed E-state index contributed by atoms with van der Waals surface area (Å²) in [6.07, 6.45) is 4.46. The van der Waals surface area contributed by atoms with E-state index >= 15 is 0 Å². The average Bonchev–Trinajstić information content (AvgIpc) is 2.91. The van der Waals surface area contributed by atoms with E-state index in [4.69, 9.17) is 0 Å². The number of nitrogens with one attached hydrogen (secondary N) is 1. The fourth-order valence-corrected chi connectivity index (χ4v) is 3.04. The van der Waals surface area contributed by atoms with Crippen molar-refractivity contribution >= 4 is 23.4 Å². The smallest absolute Gasteiger partial charge is 0.338 e. The molecule has 104 valence electrons. The zero-order valence-electron chi connectivity index (χ0n) is 11.2. The van der Waals surface area contributed by atoms with Gasteiger partial charge >= 0.3 is 5.97 Å². The number of benzene rings is 1. The summed E-state index contributed by atoms with van der Waals surface area (Å²) < 4.78 is 0. The van der Waals surface area contributed by atoms with Gasteiger partial charge in [0.25, 0.3) is 0 Å². The van der Waals surface area contributed by atoms with Gasteiger partial charge in [-0.25, -0.2) is 4.79 Å². The number of nitrogens with zero attached hydrogens (tertiary/aromatic N) is 1. The first-order valence-corrected chi connectivity index (χ1v) is 7.81. The van der Waals surface area contributed by atoms with Gasteiger partial charge in [0.05, 0.1) is 5.56 Å². The predicted molar refractivity (Wildman–Crippen MR) is 79.3 cm³/mol. The molecule has 4 nitrogen and oxygen atoms in total. The van der Waals surface area contributed by atoms with Gasteiger partial charge in [-0.1, -0.05) is 6.07 Å². The third-order valence-corrected chi connectivity index (χ3v) is 4.18. The summed E-state index contributed by atoms with van der Waals surface area (Å²) in [5, 5.41) is 12.6. The molecule has 0 bridgehead atoms. The second kappa shape index (κ2) is 6.82. The second-order valence-electron chi connectivity index (χ2n) is 4.66. The van der Waals surface area contributed by atoms with E-state index in [2.05, 4.69) is 10.2 Å². The van der Waals surface area contributed by atoms with Gasteiger partial charge in [-0.3, -0.25) is 0 Å². The monoisotopic (exact) mass is 280 g/mol. The van der Waals surface area contributed by atoms with E-state index in [9.17, 15) is 9.90 Å². The van der Waals surface area contributed by atoms with Crippen LogP contribution in [-0.4, -0.2) is 48.4 Å². The first kappa shape index (κ1) is 14.2. The van der Waals surface area contributed by atoms with E-state index in [1.54, 1.807) is 0 Å². The lowest BCUT2D eigenvalue weighted by Gasteiger charge is -2.17. The van der Waals surface area contributed by atoms with Gasteiger partial charge in [-0.05, 0) is 44.3 Å². The molecule has 0 aromatic heterocycles. The third kappa shape index (κ3) is 3.64. The fourth-order valence-electron chi connectivity index (χ4n) is 2.42. The summed E-state index contributed by atoms with van der Waals surface area (Å²) in [4.78, 5) is 14.6. The van der Waals surface area contributed by atoms with Crippen LogP contribution < -0.4 is 5.32 Å². The minimum Gasteiger partial charge on any atom is -0.478 e. The fraction of sp³-hybridized carbons (Fsp3) is 0.500. The number of hydrogen-bond acceptors (Lipinski definition) is 4. The molecule has 1 aliphatic heterocycles. The second-order valence-corrected chi connectivity index (χ2v) is 5.51. The maximum Gasteiger partial charge on any atom is 0.338 e. The summed E-state index contributed by atoms with van der Waals surface area (Å²) in [6, 6.07) is 5.59. The highest BCUT2D eigenvalue weighted by Crippen LogP contribution is 2.27. The molecule has 0 saturated carbocycles. The van der Waals surface area contributed by atoms with Crippen LogP contribution in [0.2, 0.25) is 0 Å². The molecule has 5 heteroatoms. The summed E-state index contributed by atoms with van der Waals surface area (Å²) >= 11 is 1.47. The van der Waals surface area contributed by atoms with Gasteiger partial charge in [-0.2, -0.15) is 0 Å². The van der Waals surface area contributed by atoms with Gasteiger partial charge in [0.1, 0.15) is 0 Å². The number of thioether (sulfide) groups is 1. The van der Waals surface area contributed by atoms with Crippen LogP contribution in [0.15, 0.2) is 23.1 Å². The van der Waals surface area contributed by atoms with Gasteiger partial charge < -0.3 is 15.3 Å². The molecule has 1 aromatic rings. The molecule has 2 N–H and O–H groups in total. The van der Waals surface area contributed by atoms with Crippen molar-refractivity contribution in [1.82, 2.24) is 4.90 Å². The molecule has 1 saturated heterocycles. The van der Waals surface area contributed by atoms with Crippen molar-refractivity contribution in [3.8, 4) is 0 Å². The Labute approximate surface area is 118 Å². The van der Waals surface area contributed by atoms with Crippen molar-refractivity contribution < 1.29 is 9.90 Å². The molecule has 1 fully saturated rings. The van der Waals surface area contributed by atoms with Crippen LogP contribution in [0.5, 0.6) is 0 Å². The topological polar surface area (TPSA) is 52.6 Å². The Kier molecular flexibility index (Phi) is 5.10. The number of likely N-dealkylation sites (tertiary alicyclic amines) is 1. The van der Waals surface area contributed by atoms with E-state index in [0.29, 0.717) is 5.56 Å². The normalized spacial score (nSPS) is 15.6. The Balaban J connectivity index is 2.00. The number of hydrogen-bond donors (Lipinski definition) is 2. The van der Waals surface area contributed by atoms with Crippen LogP contribution in [0, 0.1) is 0 Å². The van der Waals surface area contributed by atoms with Gasteiger partial charge in [0, 0.05) is 23.7 Å². The van der Waals surface area contributed by atoms with Crippen molar-refractivity contribution in [1.29, 1.82) is 0 Å². The number of anilines is 1. The molecule has 0 unspecified atom stereocenters. The Morgan fingerprint density at radius 2 is 2.16 bits per heavy atom. The van der Waals surface area contributed by atoms with Crippen molar-refractivity contribution in [2.45, 2.75) is 17.7 Å². The van der Waals surface area contributed by atoms with Gasteiger partial charge in [-0.15, -0.1) is 11.8 Å². The molecule has 1 heterocycles. The van der Waals surface area contributed by atoms with Crippen molar-refractivity contribution in [3.63, 3.8) is 0 Å². The molecule has 0 spiro atoms. The van der Waals surface area contributed by atoms with Crippen LogP contribution in [0.4, 0.5) is 5.69 Å². The largest absolute Gasteiger partial charge is 0.478 e. The van der Waals surface area contributed by atoms with Crippen LogP contribution >= 0.6 is 11.8 Å². The molecular weight excluding hydrogens is 260 g/mol. The SMILES string of the molecule is CSc1cccc(NCCN2CCCC2)c1C(=O)O. The Hall–Kier alpha value is -1.20. The van der Waals surface area contributed by atoms with E-state index in [1.165, 1.54) is 24.6 Å². The number of carboxylic acids is 1. The minimum atomic E-state index is -0.867. The molecule has 1 aliphatic rings. The average molecular weight is 280 g/mol. The molecule has 19 heavy (non-hydrogen) atoms. The lowest BCUT2D eigenvalue weighted by atomic mass is 10.2. The van der Waals surface area contributed by atoms with E-state index < -0.39 is 5.97 Å². The zero-order chi connectivity index (χ0) is 13.7. The summed E-state index contributed by atoms with van der Waals surface area (Å²) in [5.74, 6) is -0.867. The highest BCUT2D eigenvalue weighted by Gasteiger charge is 2.15. The molecule has 1 aromatic carbocycles. The highest BCUT2D eigenvalue weighted by molar-refractivity contribution is 7.98. The van der Waals surface area contributed by atoms with Crippen LogP contribution in [0.1, 0.15) is 23.2 Å². The van der Waals surface area contributed by atoms with Crippen LogP contribution in [-0.2, 0) is 0 Å². The molecule has 2 rings (SSSR count). The minimum absolute atomic E-state index is 0.386. The standard InChI is InChI=1S/C14H20N2O2S/c1-19-12-6-4-5-11(13(12)14(17)18)15-7-10-16-8-2-3-9-16/h4-6,15H,2-3,7-10H2,1H3,(H,17,18). The van der Waals surface area contributed by atoms with Crippen molar-refractivity contribution in [2.75, 3.05) is 37.8 Å².